The van der Waals surface area contributed by atoms with Gasteiger partial charge in [0.2, 0.25) is 0 Å². The molecule has 1 aliphatic carbocycles. The van der Waals surface area contributed by atoms with Gasteiger partial charge in [-0.15, -0.1) is 0 Å². The molecule has 2 rings (SSSR count). The number of hydrogen-bond donors (Lipinski definition) is 0. The van der Waals surface area contributed by atoms with Gasteiger partial charge >= 0.3 is 12.1 Å². The van der Waals surface area contributed by atoms with Gasteiger partial charge in [0.25, 0.3) is 0 Å². The summed E-state index contributed by atoms with van der Waals surface area (Å²) in [5, 5.41) is -1.40. The maximum atomic E-state index is 14.2. The van der Waals surface area contributed by atoms with Crippen LogP contribution in [0.3, 0.4) is 0 Å². The van der Waals surface area contributed by atoms with Gasteiger partial charge in [0.15, 0.2) is 23.3 Å². The summed E-state index contributed by atoms with van der Waals surface area (Å²) in [7, 11) is 0. The van der Waals surface area contributed by atoms with Crippen molar-refractivity contribution in [1.82, 2.24) is 0 Å². The molecule has 1 aromatic carbocycles. The summed E-state index contributed by atoms with van der Waals surface area (Å²) in [6.07, 6.45) is -4.11. The van der Waals surface area contributed by atoms with Crippen LogP contribution in [-0.4, -0.2) is 17.9 Å². The van der Waals surface area contributed by atoms with E-state index in [1.165, 1.54) is 13.8 Å². The zero-order valence-corrected chi connectivity index (χ0v) is 17.7. The third-order valence-electron chi connectivity index (χ3n) is 5.02. The molecule has 2 atom stereocenters. The Hall–Kier alpha value is -1.42. The molecular formula is C19H18ClF7O2S. The Bertz CT molecular complexity index is 838. The third-order valence-corrected chi connectivity index (χ3v) is 6.26. The fraction of sp³-hybridized carbons (Fsp3) is 0.526. The van der Waals surface area contributed by atoms with Crippen LogP contribution in [-0.2, 0) is 21.9 Å². The van der Waals surface area contributed by atoms with Crippen LogP contribution in [0.4, 0.5) is 30.7 Å². The molecule has 0 aromatic heterocycles. The van der Waals surface area contributed by atoms with E-state index in [4.69, 9.17) is 16.3 Å². The van der Waals surface area contributed by atoms with Crippen molar-refractivity contribution in [2.45, 2.75) is 39.3 Å². The number of allylic oxidation sites excluding steroid dienone is 2. The highest BCUT2D eigenvalue weighted by atomic mass is 35.5. The second kappa shape index (κ2) is 8.98. The van der Waals surface area contributed by atoms with Crippen molar-refractivity contribution in [3.63, 3.8) is 0 Å². The van der Waals surface area contributed by atoms with Crippen molar-refractivity contribution in [2.75, 3.05) is 5.75 Å². The molecule has 0 N–H and O–H groups in total. The summed E-state index contributed by atoms with van der Waals surface area (Å²) < 4.78 is 99.1. The third kappa shape index (κ3) is 4.90. The van der Waals surface area contributed by atoms with E-state index in [0.29, 0.717) is 11.8 Å². The minimum atomic E-state index is -4.78. The first-order valence-electron chi connectivity index (χ1n) is 8.77. The van der Waals surface area contributed by atoms with Gasteiger partial charge < -0.3 is 4.74 Å². The quantitative estimate of drug-likeness (QED) is 0.254. The predicted octanol–water partition coefficient (Wildman–Crippen LogP) is 6.50. The summed E-state index contributed by atoms with van der Waals surface area (Å²) in [4.78, 5) is 12.2. The van der Waals surface area contributed by atoms with Gasteiger partial charge in [-0.05, 0) is 17.1 Å². The fourth-order valence-corrected chi connectivity index (χ4v) is 3.90. The zero-order valence-electron chi connectivity index (χ0n) is 16.1. The number of carbonyl (C=O) groups is 1. The van der Waals surface area contributed by atoms with Crippen molar-refractivity contribution >= 4 is 29.3 Å². The summed E-state index contributed by atoms with van der Waals surface area (Å²) in [6.45, 7) is 3.56. The SMILES string of the molecule is CCSCc1c(F)c(F)c(COC(=O)C2C(C=C(Cl)C(F)(F)F)C2(C)C)c(F)c1F. The lowest BCUT2D eigenvalue weighted by Gasteiger charge is -2.12. The Morgan fingerprint density at radius 3 is 2.07 bits per heavy atom. The number of ether oxygens (including phenoxy) is 1. The minimum Gasteiger partial charge on any atom is -0.460 e. The van der Waals surface area contributed by atoms with Gasteiger partial charge in [-0.3, -0.25) is 4.79 Å². The Morgan fingerprint density at radius 2 is 1.60 bits per heavy atom. The number of thioether (sulfide) groups is 1. The lowest BCUT2D eigenvalue weighted by molar-refractivity contribution is -0.147. The molecule has 2 nitrogen and oxygen atoms in total. The molecule has 1 fully saturated rings. The van der Waals surface area contributed by atoms with E-state index in [0.717, 1.165) is 11.8 Å². The Kier molecular flexibility index (Phi) is 7.44. The summed E-state index contributed by atoms with van der Waals surface area (Å²) in [5.74, 6) is -9.38. The normalized spacial score (nSPS) is 21.0. The topological polar surface area (TPSA) is 26.3 Å². The molecular weight excluding hydrogens is 461 g/mol. The second-order valence-corrected chi connectivity index (χ2v) is 8.98. The molecule has 0 amide bonds. The largest absolute Gasteiger partial charge is 0.460 e. The molecule has 168 valence electrons. The molecule has 0 aliphatic heterocycles. The van der Waals surface area contributed by atoms with E-state index < -0.39 is 75.4 Å². The van der Waals surface area contributed by atoms with Gasteiger partial charge in [0.1, 0.15) is 11.6 Å². The molecule has 1 saturated carbocycles. The highest BCUT2D eigenvalue weighted by Gasteiger charge is 2.62. The first kappa shape index (κ1) is 24.8. The maximum Gasteiger partial charge on any atom is 0.426 e. The average molecular weight is 479 g/mol. The molecule has 11 heteroatoms. The van der Waals surface area contributed by atoms with Crippen LogP contribution < -0.4 is 0 Å². The number of rotatable bonds is 7. The molecule has 0 bridgehead atoms. The summed E-state index contributed by atoms with van der Waals surface area (Å²) in [6, 6.07) is 0. The van der Waals surface area contributed by atoms with Crippen LogP contribution in [0.2, 0.25) is 0 Å². The van der Waals surface area contributed by atoms with Crippen molar-refractivity contribution < 1.29 is 40.3 Å². The van der Waals surface area contributed by atoms with Gasteiger partial charge in [-0.25, -0.2) is 17.6 Å². The van der Waals surface area contributed by atoms with Gasteiger partial charge in [-0.1, -0.05) is 38.4 Å². The molecule has 1 aromatic rings. The summed E-state index contributed by atoms with van der Waals surface area (Å²) in [5.41, 5.74) is -2.82. The number of alkyl halides is 3. The Morgan fingerprint density at radius 1 is 1.10 bits per heavy atom. The molecule has 2 unspecified atom stereocenters. The zero-order chi connectivity index (χ0) is 23.0. The molecule has 0 heterocycles. The highest BCUT2D eigenvalue weighted by molar-refractivity contribution is 7.98. The first-order chi connectivity index (χ1) is 13.7. The van der Waals surface area contributed by atoms with Crippen molar-refractivity contribution in [2.24, 2.45) is 17.3 Å². The Labute approximate surface area is 177 Å². The number of benzene rings is 1. The lowest BCUT2D eigenvalue weighted by atomic mass is 10.1. The van der Waals surface area contributed by atoms with Gasteiger partial charge in [-0.2, -0.15) is 24.9 Å². The molecule has 30 heavy (non-hydrogen) atoms. The molecule has 0 spiro atoms. The minimum absolute atomic E-state index is 0.285. The van der Waals surface area contributed by atoms with Crippen LogP contribution in [0.5, 0.6) is 0 Å². The second-order valence-electron chi connectivity index (χ2n) is 7.30. The molecule has 0 radical (unpaired) electrons. The monoisotopic (exact) mass is 478 g/mol. The number of esters is 1. The predicted molar refractivity (Wildman–Crippen MR) is 98.7 cm³/mol. The van der Waals surface area contributed by atoms with E-state index in [1.807, 2.05) is 0 Å². The number of hydrogen-bond acceptors (Lipinski definition) is 3. The fourth-order valence-electron chi connectivity index (χ4n) is 3.10. The number of carbonyl (C=O) groups excluding carboxylic acids is 1. The van der Waals surface area contributed by atoms with Crippen molar-refractivity contribution in [1.29, 1.82) is 0 Å². The first-order valence-corrected chi connectivity index (χ1v) is 10.3. The smallest absolute Gasteiger partial charge is 0.426 e. The van der Waals surface area contributed by atoms with Gasteiger partial charge in [0.05, 0.1) is 11.5 Å². The van der Waals surface area contributed by atoms with Crippen LogP contribution in [0.25, 0.3) is 0 Å². The maximum absolute atomic E-state index is 14.2. The summed E-state index contributed by atoms with van der Waals surface area (Å²) >= 11 is 6.24. The van der Waals surface area contributed by atoms with Gasteiger partial charge in [0, 0.05) is 11.3 Å². The van der Waals surface area contributed by atoms with E-state index in [9.17, 15) is 35.5 Å². The molecule has 0 saturated heterocycles. The van der Waals surface area contributed by atoms with Crippen LogP contribution in [0, 0.1) is 40.5 Å². The van der Waals surface area contributed by atoms with E-state index >= 15 is 0 Å². The van der Waals surface area contributed by atoms with Crippen LogP contribution in [0.1, 0.15) is 31.9 Å². The highest BCUT2D eigenvalue weighted by Crippen LogP contribution is 2.60. The number of halogens is 8. The van der Waals surface area contributed by atoms with Crippen LogP contribution in [0.15, 0.2) is 11.1 Å². The average Bonchev–Trinajstić information content (AvgIpc) is 3.19. The van der Waals surface area contributed by atoms with E-state index in [1.54, 1.807) is 6.92 Å². The van der Waals surface area contributed by atoms with E-state index in [2.05, 4.69) is 0 Å². The van der Waals surface area contributed by atoms with Crippen molar-refractivity contribution in [3.8, 4) is 0 Å². The molecule has 1 aliphatic rings. The standard InChI is InChI=1S/C19H18ClF7O2S/c1-4-30-7-9-15(23)13(21)8(14(22)16(9)24)6-29-17(28)12-10(18(12,2)3)5-11(20)19(25,26)27/h5,10,12H,4,6-7H2,1-3H3. The van der Waals surface area contributed by atoms with Crippen LogP contribution >= 0.6 is 23.4 Å². The Balaban J connectivity index is 2.17. The van der Waals surface area contributed by atoms with E-state index in [-0.39, 0.29) is 5.75 Å². The lowest BCUT2D eigenvalue weighted by Crippen LogP contribution is -2.14. The van der Waals surface area contributed by atoms with Crippen molar-refractivity contribution in [3.05, 3.63) is 45.5 Å².